The molecule has 2 aromatic carbocycles. The fourth-order valence-electron chi connectivity index (χ4n) is 3.46. The monoisotopic (exact) mass is 352 g/mol. The first-order chi connectivity index (χ1) is 12.5. The predicted octanol–water partition coefficient (Wildman–Crippen LogP) is 2.32. The Morgan fingerprint density at radius 2 is 1.69 bits per heavy atom. The lowest BCUT2D eigenvalue weighted by Gasteiger charge is -2.31. The summed E-state index contributed by atoms with van der Waals surface area (Å²) in [5.41, 5.74) is 2.66. The second-order valence-corrected chi connectivity index (χ2v) is 7.15. The lowest BCUT2D eigenvalue weighted by atomic mass is 9.95. The zero-order valence-corrected chi connectivity index (χ0v) is 15.5. The van der Waals surface area contributed by atoms with Gasteiger partial charge in [0.05, 0.1) is 11.4 Å². The summed E-state index contributed by atoms with van der Waals surface area (Å²) in [7, 11) is 0. The topological polar surface area (TPSA) is 66.0 Å². The molecule has 1 aliphatic heterocycles. The molecule has 0 saturated carbocycles. The summed E-state index contributed by atoms with van der Waals surface area (Å²) in [5, 5.41) is 4.93. The molecule has 0 fully saturated rings. The first-order valence-electron chi connectivity index (χ1n) is 9.07. The van der Waals surface area contributed by atoms with Crippen molar-refractivity contribution in [3.63, 3.8) is 0 Å². The van der Waals surface area contributed by atoms with E-state index in [1.165, 1.54) is 5.56 Å². The van der Waals surface area contributed by atoms with Crippen LogP contribution in [0.25, 0.3) is 0 Å². The van der Waals surface area contributed by atoms with Crippen LogP contribution >= 0.6 is 0 Å². The number of quaternary nitrogens is 1. The molecule has 2 atom stereocenters. The number of hydrogen-bond donors (Lipinski definition) is 2. The number of carbonyl (C=O) groups is 2. The Morgan fingerprint density at radius 1 is 1.04 bits per heavy atom. The highest BCUT2D eigenvalue weighted by molar-refractivity contribution is 6.10. The number of amides is 2. The SMILES string of the molecule is CC(C)[C@H]([NH2+][C@@H](C)C(=O)N1CC(=O)Nc2ccccc21)c1ccccc1. The third kappa shape index (κ3) is 3.78. The van der Waals surface area contributed by atoms with Gasteiger partial charge >= 0.3 is 0 Å². The average Bonchev–Trinajstić information content (AvgIpc) is 2.65. The molecule has 5 heteroatoms. The van der Waals surface area contributed by atoms with Gasteiger partial charge in [0, 0.05) is 11.5 Å². The normalized spacial score (nSPS) is 16.0. The first-order valence-corrected chi connectivity index (χ1v) is 9.07. The van der Waals surface area contributed by atoms with Gasteiger partial charge in [-0.1, -0.05) is 56.3 Å². The van der Waals surface area contributed by atoms with Crippen molar-refractivity contribution in [1.82, 2.24) is 0 Å². The highest BCUT2D eigenvalue weighted by Crippen LogP contribution is 2.29. The lowest BCUT2D eigenvalue weighted by molar-refractivity contribution is -0.719. The van der Waals surface area contributed by atoms with Crippen LogP contribution in [-0.4, -0.2) is 24.4 Å². The molecule has 2 amide bonds. The Morgan fingerprint density at radius 3 is 2.38 bits per heavy atom. The van der Waals surface area contributed by atoms with Crippen molar-refractivity contribution < 1.29 is 14.9 Å². The number of carbonyl (C=O) groups excluding carboxylic acids is 2. The molecule has 1 heterocycles. The Hall–Kier alpha value is -2.66. The molecule has 0 radical (unpaired) electrons. The fourth-order valence-corrected chi connectivity index (χ4v) is 3.46. The number of para-hydroxylation sites is 2. The summed E-state index contributed by atoms with van der Waals surface area (Å²) in [6, 6.07) is 17.6. The van der Waals surface area contributed by atoms with Gasteiger partial charge in [-0.05, 0) is 19.1 Å². The van der Waals surface area contributed by atoms with E-state index >= 15 is 0 Å². The van der Waals surface area contributed by atoms with Crippen LogP contribution in [0, 0.1) is 5.92 Å². The van der Waals surface area contributed by atoms with Crippen LogP contribution in [0.5, 0.6) is 0 Å². The van der Waals surface area contributed by atoms with Crippen LogP contribution in [-0.2, 0) is 9.59 Å². The molecule has 3 N–H and O–H groups in total. The maximum absolute atomic E-state index is 13.1. The Balaban J connectivity index is 1.80. The van der Waals surface area contributed by atoms with E-state index in [9.17, 15) is 9.59 Å². The molecular weight excluding hydrogens is 326 g/mol. The van der Waals surface area contributed by atoms with E-state index in [0.29, 0.717) is 11.6 Å². The van der Waals surface area contributed by atoms with E-state index in [0.717, 1.165) is 5.69 Å². The van der Waals surface area contributed by atoms with Gasteiger partial charge in [0.15, 0.2) is 6.04 Å². The highest BCUT2D eigenvalue weighted by atomic mass is 16.2. The van der Waals surface area contributed by atoms with E-state index < -0.39 is 0 Å². The Kier molecular flexibility index (Phi) is 5.38. The molecule has 3 rings (SSSR count). The van der Waals surface area contributed by atoms with Gasteiger partial charge in [-0.15, -0.1) is 0 Å². The molecule has 2 aromatic rings. The second kappa shape index (κ2) is 7.70. The smallest absolute Gasteiger partial charge is 0.285 e. The highest BCUT2D eigenvalue weighted by Gasteiger charge is 2.33. The maximum atomic E-state index is 13.1. The number of benzene rings is 2. The zero-order valence-electron chi connectivity index (χ0n) is 15.5. The Labute approximate surface area is 154 Å². The molecule has 136 valence electrons. The predicted molar refractivity (Wildman–Crippen MR) is 103 cm³/mol. The summed E-state index contributed by atoms with van der Waals surface area (Å²) < 4.78 is 0. The zero-order chi connectivity index (χ0) is 18.7. The van der Waals surface area contributed by atoms with Gasteiger partial charge < -0.3 is 10.6 Å². The number of anilines is 2. The largest absolute Gasteiger partial charge is 0.330 e. The summed E-state index contributed by atoms with van der Waals surface area (Å²) in [4.78, 5) is 26.7. The van der Waals surface area contributed by atoms with Crippen LogP contribution in [0.15, 0.2) is 54.6 Å². The van der Waals surface area contributed by atoms with Crippen LogP contribution in [0.3, 0.4) is 0 Å². The van der Waals surface area contributed by atoms with Crippen molar-refractivity contribution in [3.8, 4) is 0 Å². The van der Waals surface area contributed by atoms with Crippen LogP contribution in [0.2, 0.25) is 0 Å². The second-order valence-electron chi connectivity index (χ2n) is 7.15. The van der Waals surface area contributed by atoms with Gasteiger partial charge in [0.1, 0.15) is 12.6 Å². The number of rotatable bonds is 5. The van der Waals surface area contributed by atoms with E-state index in [2.05, 4.69) is 36.6 Å². The molecular formula is C21H26N3O2+. The maximum Gasteiger partial charge on any atom is 0.285 e. The van der Waals surface area contributed by atoms with Crippen LogP contribution < -0.4 is 15.5 Å². The fraction of sp³-hybridized carbons (Fsp3) is 0.333. The van der Waals surface area contributed by atoms with E-state index in [-0.39, 0.29) is 30.4 Å². The van der Waals surface area contributed by atoms with Gasteiger partial charge in [-0.3, -0.25) is 14.5 Å². The minimum absolute atomic E-state index is 0.0473. The Bertz CT molecular complexity index is 789. The molecule has 0 spiro atoms. The molecule has 0 unspecified atom stereocenters. The summed E-state index contributed by atoms with van der Waals surface area (Å²) >= 11 is 0. The van der Waals surface area contributed by atoms with Crippen LogP contribution in [0.1, 0.15) is 32.4 Å². The van der Waals surface area contributed by atoms with Crippen molar-refractivity contribution in [1.29, 1.82) is 0 Å². The number of fused-ring (bicyclic) bond motifs is 1. The van der Waals surface area contributed by atoms with Crippen LogP contribution in [0.4, 0.5) is 11.4 Å². The van der Waals surface area contributed by atoms with E-state index in [1.807, 2.05) is 49.4 Å². The first kappa shape index (κ1) is 18.1. The lowest BCUT2D eigenvalue weighted by Crippen LogP contribution is -2.93. The molecule has 0 saturated heterocycles. The van der Waals surface area contributed by atoms with E-state index in [4.69, 9.17) is 0 Å². The summed E-state index contributed by atoms with van der Waals surface area (Å²) in [6.45, 7) is 6.30. The van der Waals surface area contributed by atoms with Crippen molar-refractivity contribution in [2.24, 2.45) is 5.92 Å². The molecule has 0 bridgehead atoms. The van der Waals surface area contributed by atoms with Crippen molar-refractivity contribution in [2.45, 2.75) is 32.9 Å². The summed E-state index contributed by atoms with van der Waals surface area (Å²) in [5.74, 6) is 0.172. The van der Waals surface area contributed by atoms with E-state index in [1.54, 1.807) is 4.90 Å². The minimum atomic E-state index is -0.290. The molecule has 0 aromatic heterocycles. The number of nitrogens with zero attached hydrogens (tertiary/aromatic N) is 1. The number of nitrogens with one attached hydrogen (secondary N) is 1. The third-order valence-electron chi connectivity index (χ3n) is 4.82. The van der Waals surface area contributed by atoms with Gasteiger partial charge in [0.2, 0.25) is 5.91 Å². The van der Waals surface area contributed by atoms with Gasteiger partial charge in [0.25, 0.3) is 5.91 Å². The van der Waals surface area contributed by atoms with Gasteiger partial charge in [-0.2, -0.15) is 0 Å². The number of hydrogen-bond acceptors (Lipinski definition) is 2. The van der Waals surface area contributed by atoms with Crippen molar-refractivity contribution in [2.75, 3.05) is 16.8 Å². The van der Waals surface area contributed by atoms with Gasteiger partial charge in [-0.25, -0.2) is 0 Å². The third-order valence-corrected chi connectivity index (χ3v) is 4.82. The average molecular weight is 352 g/mol. The van der Waals surface area contributed by atoms with Crippen molar-refractivity contribution >= 4 is 23.2 Å². The summed E-state index contributed by atoms with van der Waals surface area (Å²) in [6.07, 6.45) is 0. The van der Waals surface area contributed by atoms with Crippen molar-refractivity contribution in [3.05, 3.63) is 60.2 Å². The minimum Gasteiger partial charge on any atom is -0.330 e. The number of nitrogens with two attached hydrogens (primary N) is 1. The molecule has 1 aliphatic rings. The standard InChI is InChI=1S/C21H25N3O2/c1-14(2)20(16-9-5-4-6-10-16)22-15(3)21(26)24-13-19(25)23-17-11-7-8-12-18(17)24/h4-12,14-15,20,22H,13H2,1-3H3,(H,23,25)/p+1/t15-,20-/m0/s1. The quantitative estimate of drug-likeness (QED) is 0.867. The molecule has 26 heavy (non-hydrogen) atoms. The molecule has 0 aliphatic carbocycles. The molecule has 5 nitrogen and oxygen atoms in total.